The van der Waals surface area contributed by atoms with E-state index in [4.69, 9.17) is 10.7 Å². The molecule has 0 aromatic carbocycles. The van der Waals surface area contributed by atoms with Crippen molar-refractivity contribution in [3.8, 4) is 0 Å². The smallest absolute Gasteiger partial charge is 0.380 e. The van der Waals surface area contributed by atoms with Gasteiger partial charge in [0.2, 0.25) is 5.95 Å². The maximum absolute atomic E-state index is 13.4. The number of anilines is 3. The third-order valence-electron chi connectivity index (χ3n) is 6.72. The zero-order valence-electron chi connectivity index (χ0n) is 21.2. The van der Waals surface area contributed by atoms with Crippen LogP contribution in [-0.2, 0) is 6.42 Å². The Balaban J connectivity index is 1.53. The van der Waals surface area contributed by atoms with Gasteiger partial charge in [-0.25, -0.2) is 14.5 Å². The van der Waals surface area contributed by atoms with Crippen molar-refractivity contribution in [1.29, 1.82) is 0 Å². The van der Waals surface area contributed by atoms with Gasteiger partial charge >= 0.3 is 6.18 Å². The largest absolute Gasteiger partial charge is 0.408 e. The standard InChI is InChI=1S/C24H34F3N9/c1-5-6-19(24(25,26)27)31-23-32-20(28)22-30-14-18(36(22)33-23)12-16-11-15(2)21(29-13-16)35-9-7-17(8-10-35)34(3)4/h11,13-14,17,19H,5-10,12H2,1-4H3,(H3,28,31,32,33)/t19-/m0/s1. The van der Waals surface area contributed by atoms with Crippen LogP contribution in [0.2, 0.25) is 0 Å². The highest BCUT2D eigenvalue weighted by Crippen LogP contribution is 2.27. The molecule has 3 N–H and O–H groups in total. The van der Waals surface area contributed by atoms with E-state index < -0.39 is 12.2 Å². The second-order valence-electron chi connectivity index (χ2n) is 9.68. The first-order valence-electron chi connectivity index (χ1n) is 12.3. The number of pyridine rings is 1. The summed E-state index contributed by atoms with van der Waals surface area (Å²) in [6.45, 7) is 5.67. The Morgan fingerprint density at radius 3 is 2.53 bits per heavy atom. The molecule has 9 nitrogen and oxygen atoms in total. The van der Waals surface area contributed by atoms with Gasteiger partial charge < -0.3 is 20.9 Å². The lowest BCUT2D eigenvalue weighted by molar-refractivity contribution is -0.143. The van der Waals surface area contributed by atoms with Crippen LogP contribution < -0.4 is 16.0 Å². The summed E-state index contributed by atoms with van der Waals surface area (Å²) in [5, 5.41) is 6.68. The minimum atomic E-state index is -4.42. The molecule has 0 spiro atoms. The van der Waals surface area contributed by atoms with Gasteiger partial charge in [0.05, 0.1) is 11.9 Å². The van der Waals surface area contributed by atoms with E-state index in [9.17, 15) is 13.2 Å². The predicted octanol–water partition coefficient (Wildman–Crippen LogP) is 3.67. The number of aryl methyl sites for hydroxylation is 1. The Kier molecular flexibility index (Phi) is 7.53. The topological polar surface area (TPSA) is 100 Å². The molecule has 196 valence electrons. The van der Waals surface area contributed by atoms with E-state index in [0.29, 0.717) is 30.2 Å². The predicted molar refractivity (Wildman–Crippen MR) is 134 cm³/mol. The molecule has 0 radical (unpaired) electrons. The maximum Gasteiger partial charge on any atom is 0.408 e. The lowest BCUT2D eigenvalue weighted by atomic mass is 10.0. The van der Waals surface area contributed by atoms with Crippen molar-refractivity contribution in [3.63, 3.8) is 0 Å². The van der Waals surface area contributed by atoms with Gasteiger partial charge in [0.1, 0.15) is 11.9 Å². The van der Waals surface area contributed by atoms with Gasteiger partial charge in [0, 0.05) is 31.7 Å². The van der Waals surface area contributed by atoms with Crippen molar-refractivity contribution in [2.45, 2.75) is 64.2 Å². The molecular weight excluding hydrogens is 471 g/mol. The molecular formula is C24H34F3N9. The van der Waals surface area contributed by atoms with Crippen LogP contribution in [0.15, 0.2) is 18.5 Å². The molecule has 3 aromatic heterocycles. The Morgan fingerprint density at radius 2 is 1.92 bits per heavy atom. The van der Waals surface area contributed by atoms with E-state index in [0.717, 1.165) is 42.9 Å². The van der Waals surface area contributed by atoms with E-state index in [2.05, 4.69) is 50.3 Å². The van der Waals surface area contributed by atoms with Crippen LogP contribution >= 0.6 is 0 Å². The number of nitrogen functional groups attached to an aromatic ring is 1. The Hall–Kier alpha value is -3.15. The number of rotatable bonds is 8. The third-order valence-corrected chi connectivity index (χ3v) is 6.72. The molecule has 3 aromatic rings. The molecule has 36 heavy (non-hydrogen) atoms. The van der Waals surface area contributed by atoms with Crippen molar-refractivity contribution >= 4 is 23.2 Å². The van der Waals surface area contributed by atoms with Crippen LogP contribution in [-0.4, -0.2) is 74.9 Å². The van der Waals surface area contributed by atoms with E-state index in [1.807, 2.05) is 13.1 Å². The number of fused-ring (bicyclic) bond motifs is 1. The fourth-order valence-corrected chi connectivity index (χ4v) is 4.75. The molecule has 0 unspecified atom stereocenters. The second kappa shape index (κ2) is 10.5. The number of alkyl halides is 3. The number of hydrogen-bond donors (Lipinski definition) is 2. The highest BCUT2D eigenvalue weighted by atomic mass is 19.4. The molecule has 1 saturated heterocycles. The lowest BCUT2D eigenvalue weighted by Gasteiger charge is -2.36. The third kappa shape index (κ3) is 5.63. The second-order valence-corrected chi connectivity index (χ2v) is 9.68. The van der Waals surface area contributed by atoms with Crippen molar-refractivity contribution < 1.29 is 13.2 Å². The molecule has 1 fully saturated rings. The number of hydrogen-bond acceptors (Lipinski definition) is 8. The first kappa shape index (κ1) is 25.9. The summed E-state index contributed by atoms with van der Waals surface area (Å²) >= 11 is 0. The normalized spacial score (nSPS) is 16.2. The number of piperidine rings is 1. The average molecular weight is 506 g/mol. The van der Waals surface area contributed by atoms with Crippen molar-refractivity contribution in [3.05, 3.63) is 35.3 Å². The first-order valence-corrected chi connectivity index (χ1v) is 12.3. The van der Waals surface area contributed by atoms with Crippen molar-refractivity contribution in [2.75, 3.05) is 43.1 Å². The summed E-state index contributed by atoms with van der Waals surface area (Å²) in [7, 11) is 4.24. The van der Waals surface area contributed by atoms with Crippen LogP contribution in [0.3, 0.4) is 0 Å². The molecule has 1 aliphatic rings. The maximum atomic E-state index is 13.4. The molecule has 4 rings (SSSR count). The van der Waals surface area contributed by atoms with E-state index in [1.165, 1.54) is 4.52 Å². The van der Waals surface area contributed by atoms with Gasteiger partial charge in [-0.3, -0.25) is 0 Å². The Bertz CT molecular complexity index is 1180. The molecule has 0 amide bonds. The Morgan fingerprint density at radius 1 is 1.19 bits per heavy atom. The monoisotopic (exact) mass is 505 g/mol. The van der Waals surface area contributed by atoms with Gasteiger partial charge in [0.15, 0.2) is 11.5 Å². The number of aromatic nitrogens is 5. The van der Waals surface area contributed by atoms with Gasteiger partial charge in [-0.05, 0) is 51.4 Å². The minimum absolute atomic E-state index is 0.0157. The fraction of sp³-hybridized carbons (Fsp3) is 0.583. The number of nitrogens with one attached hydrogen (secondary N) is 1. The van der Waals surface area contributed by atoms with Crippen LogP contribution in [0.25, 0.3) is 5.65 Å². The van der Waals surface area contributed by atoms with Gasteiger partial charge in [-0.2, -0.15) is 18.2 Å². The first-order chi connectivity index (χ1) is 17.1. The summed E-state index contributed by atoms with van der Waals surface area (Å²) in [6, 6.07) is 0.927. The summed E-state index contributed by atoms with van der Waals surface area (Å²) in [5.74, 6) is 0.823. The summed E-state index contributed by atoms with van der Waals surface area (Å²) in [6.07, 6.45) is 1.95. The number of imidazole rings is 1. The van der Waals surface area contributed by atoms with Crippen molar-refractivity contribution in [2.24, 2.45) is 0 Å². The minimum Gasteiger partial charge on any atom is -0.380 e. The average Bonchev–Trinajstić information content (AvgIpc) is 3.21. The van der Waals surface area contributed by atoms with E-state index in [1.54, 1.807) is 13.1 Å². The highest BCUT2D eigenvalue weighted by molar-refractivity contribution is 5.61. The SMILES string of the molecule is CCC[C@H](Nc1nc(N)c2ncc(Cc3cnc(N4CCC(N(C)C)CC4)c(C)c3)n2n1)C(F)(F)F. The molecule has 1 atom stereocenters. The Labute approximate surface area is 208 Å². The number of nitrogens with zero attached hydrogens (tertiary/aromatic N) is 7. The summed E-state index contributed by atoms with van der Waals surface area (Å²) in [4.78, 5) is 17.6. The number of nitrogens with two attached hydrogens (primary N) is 1. The van der Waals surface area contributed by atoms with Crippen LogP contribution in [0.4, 0.5) is 30.8 Å². The zero-order chi connectivity index (χ0) is 26.0. The molecule has 0 aliphatic carbocycles. The molecule has 1 aliphatic heterocycles. The van der Waals surface area contributed by atoms with E-state index in [-0.39, 0.29) is 18.2 Å². The van der Waals surface area contributed by atoms with Crippen LogP contribution in [0.5, 0.6) is 0 Å². The quantitative estimate of drug-likeness (QED) is 0.478. The highest BCUT2D eigenvalue weighted by Gasteiger charge is 2.39. The summed E-state index contributed by atoms with van der Waals surface area (Å²) < 4.78 is 41.6. The summed E-state index contributed by atoms with van der Waals surface area (Å²) in [5.41, 5.74) is 9.02. The molecule has 0 bridgehead atoms. The zero-order valence-corrected chi connectivity index (χ0v) is 21.2. The molecule has 12 heteroatoms. The fourth-order valence-electron chi connectivity index (χ4n) is 4.75. The van der Waals surface area contributed by atoms with Gasteiger partial charge in [-0.1, -0.05) is 19.4 Å². The molecule has 4 heterocycles. The van der Waals surface area contributed by atoms with E-state index >= 15 is 0 Å². The van der Waals surface area contributed by atoms with Crippen LogP contribution in [0, 0.1) is 6.92 Å². The van der Waals surface area contributed by atoms with Gasteiger partial charge in [0.25, 0.3) is 0 Å². The lowest BCUT2D eigenvalue weighted by Crippen LogP contribution is -2.42. The van der Waals surface area contributed by atoms with Gasteiger partial charge in [-0.15, -0.1) is 5.10 Å². The van der Waals surface area contributed by atoms with Crippen LogP contribution in [0.1, 0.15) is 49.4 Å². The van der Waals surface area contributed by atoms with Crippen molar-refractivity contribution in [1.82, 2.24) is 29.5 Å². The number of halogens is 3. The molecule has 0 saturated carbocycles.